The average Bonchev–Trinajstić information content (AvgIpc) is 3.45. The fraction of sp³-hybridized carbons (Fsp3) is 0.130. The van der Waals surface area contributed by atoms with Crippen molar-refractivity contribution in [1.29, 1.82) is 0 Å². The van der Waals surface area contributed by atoms with Crippen LogP contribution in [-0.4, -0.2) is 22.8 Å². The first-order valence-electron chi connectivity index (χ1n) is 9.29. The van der Waals surface area contributed by atoms with Gasteiger partial charge in [0.05, 0.1) is 12.8 Å². The Kier molecular flexibility index (Phi) is 6.16. The standard InChI is InChI=1S/C23H19ClN2O3S/c1-26(13-20-3-2-12-28-20)23(27)21-15-30-22(25-21)17-6-10-19(11-7-17)29-14-16-4-8-18(24)9-5-16/h2-12,15H,13-14H2,1H3. The number of rotatable bonds is 7. The lowest BCUT2D eigenvalue weighted by Gasteiger charge is -2.13. The molecule has 4 aromatic rings. The molecule has 0 aliphatic heterocycles. The van der Waals surface area contributed by atoms with Crippen LogP contribution in [0.4, 0.5) is 0 Å². The van der Waals surface area contributed by atoms with Crippen LogP contribution in [0.2, 0.25) is 5.02 Å². The van der Waals surface area contributed by atoms with Crippen molar-refractivity contribution in [3.8, 4) is 16.3 Å². The second-order valence-electron chi connectivity index (χ2n) is 6.72. The van der Waals surface area contributed by atoms with Gasteiger partial charge in [0, 0.05) is 23.0 Å². The molecule has 0 aliphatic rings. The lowest BCUT2D eigenvalue weighted by Crippen LogP contribution is -2.26. The SMILES string of the molecule is CN(Cc1ccco1)C(=O)c1csc(-c2ccc(OCc3ccc(Cl)cc3)cc2)n1. The van der Waals surface area contributed by atoms with E-state index in [1.165, 1.54) is 11.3 Å². The summed E-state index contributed by atoms with van der Waals surface area (Å²) in [6, 6.07) is 18.9. The van der Waals surface area contributed by atoms with Crippen molar-refractivity contribution in [1.82, 2.24) is 9.88 Å². The minimum atomic E-state index is -0.142. The van der Waals surface area contributed by atoms with Gasteiger partial charge in [-0.2, -0.15) is 0 Å². The van der Waals surface area contributed by atoms with Crippen molar-refractivity contribution >= 4 is 28.8 Å². The number of hydrogen-bond donors (Lipinski definition) is 0. The summed E-state index contributed by atoms with van der Waals surface area (Å²) in [4.78, 5) is 18.7. The van der Waals surface area contributed by atoms with Crippen molar-refractivity contribution in [2.45, 2.75) is 13.2 Å². The third-order valence-corrected chi connectivity index (χ3v) is 5.61. The maximum absolute atomic E-state index is 12.6. The fourth-order valence-corrected chi connectivity index (χ4v) is 3.78. The van der Waals surface area contributed by atoms with Crippen molar-refractivity contribution in [2.24, 2.45) is 0 Å². The van der Waals surface area contributed by atoms with E-state index in [4.69, 9.17) is 20.8 Å². The highest BCUT2D eigenvalue weighted by atomic mass is 35.5. The molecule has 0 N–H and O–H groups in total. The third kappa shape index (κ3) is 4.90. The number of carbonyl (C=O) groups is 1. The molecule has 0 fully saturated rings. The molecule has 0 spiro atoms. The predicted octanol–water partition coefficient (Wildman–Crippen LogP) is 5.91. The highest BCUT2D eigenvalue weighted by Gasteiger charge is 2.17. The maximum Gasteiger partial charge on any atom is 0.273 e. The summed E-state index contributed by atoms with van der Waals surface area (Å²) in [7, 11) is 1.73. The summed E-state index contributed by atoms with van der Waals surface area (Å²) in [6.45, 7) is 0.868. The Morgan fingerprint density at radius 3 is 2.60 bits per heavy atom. The number of aromatic nitrogens is 1. The van der Waals surface area contributed by atoms with Gasteiger partial charge >= 0.3 is 0 Å². The van der Waals surface area contributed by atoms with Gasteiger partial charge in [0.15, 0.2) is 0 Å². The summed E-state index contributed by atoms with van der Waals surface area (Å²) >= 11 is 7.34. The number of furan rings is 1. The number of carbonyl (C=O) groups excluding carboxylic acids is 1. The van der Waals surface area contributed by atoms with Crippen molar-refractivity contribution < 1.29 is 13.9 Å². The molecule has 0 saturated carbocycles. The van der Waals surface area contributed by atoms with Crippen LogP contribution in [0.1, 0.15) is 21.8 Å². The highest BCUT2D eigenvalue weighted by molar-refractivity contribution is 7.13. The van der Waals surface area contributed by atoms with Crippen LogP contribution in [0.5, 0.6) is 5.75 Å². The zero-order valence-electron chi connectivity index (χ0n) is 16.2. The van der Waals surface area contributed by atoms with Crippen LogP contribution in [0.3, 0.4) is 0 Å². The molecule has 1 amide bonds. The summed E-state index contributed by atoms with van der Waals surface area (Å²) in [5.41, 5.74) is 2.41. The number of halogens is 1. The molecule has 5 nitrogen and oxygen atoms in total. The average molecular weight is 439 g/mol. The largest absolute Gasteiger partial charge is 0.489 e. The second-order valence-corrected chi connectivity index (χ2v) is 8.01. The van der Waals surface area contributed by atoms with E-state index in [-0.39, 0.29) is 5.91 Å². The Labute approximate surface area is 183 Å². The van der Waals surface area contributed by atoms with E-state index in [2.05, 4.69) is 4.98 Å². The summed E-state index contributed by atoms with van der Waals surface area (Å²) in [6.07, 6.45) is 1.59. The van der Waals surface area contributed by atoms with E-state index < -0.39 is 0 Å². The topological polar surface area (TPSA) is 55.6 Å². The van der Waals surface area contributed by atoms with E-state index in [9.17, 15) is 4.79 Å². The quantitative estimate of drug-likeness (QED) is 0.360. The van der Waals surface area contributed by atoms with E-state index in [1.807, 2.05) is 54.6 Å². The van der Waals surface area contributed by atoms with Gasteiger partial charge in [0.2, 0.25) is 0 Å². The molecule has 4 rings (SSSR count). The van der Waals surface area contributed by atoms with Crippen LogP contribution in [0, 0.1) is 0 Å². The molecule has 0 radical (unpaired) electrons. The number of thiazole rings is 1. The fourth-order valence-electron chi connectivity index (χ4n) is 2.85. The summed E-state index contributed by atoms with van der Waals surface area (Å²) in [5, 5.41) is 3.27. The number of ether oxygens (including phenoxy) is 1. The molecule has 0 unspecified atom stereocenters. The van der Waals surface area contributed by atoms with Crippen LogP contribution >= 0.6 is 22.9 Å². The first-order valence-corrected chi connectivity index (χ1v) is 10.6. The molecule has 30 heavy (non-hydrogen) atoms. The van der Waals surface area contributed by atoms with E-state index in [1.54, 1.807) is 29.7 Å². The van der Waals surface area contributed by atoms with Gasteiger partial charge in [-0.1, -0.05) is 23.7 Å². The molecule has 0 aliphatic carbocycles. The van der Waals surface area contributed by atoms with E-state index in [0.29, 0.717) is 23.9 Å². The number of amides is 1. The first kappa shape index (κ1) is 20.2. The van der Waals surface area contributed by atoms with Gasteiger partial charge in [-0.3, -0.25) is 4.79 Å². The number of nitrogens with zero attached hydrogens (tertiary/aromatic N) is 2. The molecule has 7 heteroatoms. The van der Waals surface area contributed by atoms with Crippen molar-refractivity contribution in [3.63, 3.8) is 0 Å². The van der Waals surface area contributed by atoms with Gasteiger partial charge in [-0.15, -0.1) is 11.3 Å². The normalized spacial score (nSPS) is 10.7. The van der Waals surface area contributed by atoms with Gasteiger partial charge < -0.3 is 14.1 Å². The lowest BCUT2D eigenvalue weighted by molar-refractivity contribution is 0.0770. The van der Waals surface area contributed by atoms with Crippen LogP contribution < -0.4 is 4.74 Å². The van der Waals surface area contributed by atoms with Gasteiger partial charge in [-0.25, -0.2) is 4.98 Å². The zero-order valence-corrected chi connectivity index (χ0v) is 17.8. The van der Waals surface area contributed by atoms with Gasteiger partial charge in [0.1, 0.15) is 28.8 Å². The second kappa shape index (κ2) is 9.15. The Morgan fingerprint density at radius 1 is 1.13 bits per heavy atom. The first-order chi connectivity index (χ1) is 14.6. The predicted molar refractivity (Wildman–Crippen MR) is 118 cm³/mol. The monoisotopic (exact) mass is 438 g/mol. The summed E-state index contributed by atoms with van der Waals surface area (Å²) < 4.78 is 11.1. The zero-order chi connectivity index (χ0) is 20.9. The molecular weight excluding hydrogens is 420 g/mol. The minimum absolute atomic E-state index is 0.142. The molecule has 2 aromatic heterocycles. The molecule has 2 aromatic carbocycles. The molecule has 152 valence electrons. The minimum Gasteiger partial charge on any atom is -0.489 e. The van der Waals surface area contributed by atoms with Gasteiger partial charge in [0.25, 0.3) is 5.91 Å². The number of hydrogen-bond acceptors (Lipinski definition) is 5. The molecule has 2 heterocycles. The molecule has 0 saturated heterocycles. The third-order valence-electron chi connectivity index (χ3n) is 4.46. The molecule has 0 bridgehead atoms. The van der Waals surface area contributed by atoms with E-state index in [0.717, 1.165) is 27.6 Å². The van der Waals surface area contributed by atoms with Crippen molar-refractivity contribution in [3.05, 3.63) is 94.3 Å². The Hall–Kier alpha value is -3.09. The highest BCUT2D eigenvalue weighted by Crippen LogP contribution is 2.26. The molecular formula is C23H19ClN2O3S. The Morgan fingerprint density at radius 2 is 1.90 bits per heavy atom. The Bertz CT molecular complexity index is 1110. The number of benzene rings is 2. The van der Waals surface area contributed by atoms with Crippen molar-refractivity contribution in [2.75, 3.05) is 7.05 Å². The molecule has 0 atom stereocenters. The summed E-state index contributed by atoms with van der Waals surface area (Å²) in [5.74, 6) is 1.35. The van der Waals surface area contributed by atoms with Crippen LogP contribution in [0.25, 0.3) is 10.6 Å². The smallest absolute Gasteiger partial charge is 0.273 e. The van der Waals surface area contributed by atoms with Crippen LogP contribution in [-0.2, 0) is 13.2 Å². The van der Waals surface area contributed by atoms with E-state index >= 15 is 0 Å². The maximum atomic E-state index is 12.6. The lowest BCUT2D eigenvalue weighted by atomic mass is 10.2. The van der Waals surface area contributed by atoms with Crippen LogP contribution in [0.15, 0.2) is 76.7 Å². The van der Waals surface area contributed by atoms with Gasteiger partial charge in [-0.05, 0) is 54.1 Å². The Balaban J connectivity index is 1.38.